The number of hydrogen-bond acceptors (Lipinski definition) is 2. The van der Waals surface area contributed by atoms with Crippen molar-refractivity contribution in [3.63, 3.8) is 0 Å². The van der Waals surface area contributed by atoms with E-state index in [0.29, 0.717) is 0 Å². The van der Waals surface area contributed by atoms with Gasteiger partial charge in [0.05, 0.1) is 18.3 Å². The van der Waals surface area contributed by atoms with Gasteiger partial charge in [0.15, 0.2) is 0 Å². The van der Waals surface area contributed by atoms with Crippen molar-refractivity contribution in [3.05, 3.63) is 0 Å². The van der Waals surface area contributed by atoms with E-state index in [0.717, 1.165) is 12.8 Å². The summed E-state index contributed by atoms with van der Waals surface area (Å²) < 4.78 is 5.35. The van der Waals surface area contributed by atoms with Gasteiger partial charge in [0.2, 0.25) is 0 Å². The highest BCUT2D eigenvalue weighted by atomic mass is 16.5. The molecule has 2 nitrogen and oxygen atoms in total. The third-order valence-electron chi connectivity index (χ3n) is 1.62. The summed E-state index contributed by atoms with van der Waals surface area (Å²) in [6.07, 6.45) is 2.14. The Morgan fingerprint density at radius 2 is 2.11 bits per heavy atom. The molecule has 0 aromatic rings. The molecule has 0 saturated heterocycles. The maximum absolute atomic E-state index is 9.03. The fourth-order valence-corrected chi connectivity index (χ4v) is 0.960. The van der Waals surface area contributed by atoms with Crippen molar-refractivity contribution in [1.29, 1.82) is 0 Å². The predicted octanol–water partition coefficient (Wildman–Crippen LogP) is 0.935. The Morgan fingerprint density at radius 1 is 1.44 bits per heavy atom. The minimum Gasteiger partial charge on any atom is -0.390 e. The largest absolute Gasteiger partial charge is 0.390 e. The molecule has 0 aromatic heterocycles. The summed E-state index contributed by atoms with van der Waals surface area (Å²) in [4.78, 5) is 0. The molecule has 54 valence electrons. The van der Waals surface area contributed by atoms with Crippen molar-refractivity contribution in [2.45, 2.75) is 45.0 Å². The molecule has 0 radical (unpaired) electrons. The molecule has 2 atom stereocenters. The van der Waals surface area contributed by atoms with E-state index >= 15 is 0 Å². The molecule has 0 bridgehead atoms. The molecule has 0 aromatic carbocycles. The molecule has 1 unspecified atom stereocenters. The predicted molar refractivity (Wildman–Crippen MR) is 35.2 cm³/mol. The van der Waals surface area contributed by atoms with Gasteiger partial charge in [-0.2, -0.15) is 0 Å². The van der Waals surface area contributed by atoms with E-state index in [4.69, 9.17) is 9.84 Å². The van der Waals surface area contributed by atoms with Crippen LogP contribution in [0.5, 0.6) is 0 Å². The smallest absolute Gasteiger partial charge is 0.0838 e. The van der Waals surface area contributed by atoms with E-state index in [1.165, 1.54) is 0 Å². The first kappa shape index (κ1) is 7.03. The summed E-state index contributed by atoms with van der Waals surface area (Å²) in [5, 5.41) is 9.03. The number of aliphatic hydroxyl groups is 1. The second kappa shape index (κ2) is 2.67. The Kier molecular flexibility index (Phi) is 2.09. The molecule has 0 heterocycles. The van der Waals surface area contributed by atoms with Crippen LogP contribution in [0.1, 0.15) is 26.7 Å². The van der Waals surface area contributed by atoms with Crippen molar-refractivity contribution in [2.75, 3.05) is 0 Å². The van der Waals surface area contributed by atoms with E-state index in [2.05, 4.69) is 0 Å². The van der Waals surface area contributed by atoms with Crippen molar-refractivity contribution in [1.82, 2.24) is 0 Å². The van der Waals surface area contributed by atoms with Crippen LogP contribution < -0.4 is 0 Å². The van der Waals surface area contributed by atoms with Gasteiger partial charge in [-0.25, -0.2) is 0 Å². The summed E-state index contributed by atoms with van der Waals surface area (Å²) in [6.45, 7) is 3.98. The zero-order valence-corrected chi connectivity index (χ0v) is 6.00. The SMILES string of the molecule is CC(C)O[C@H]1CCC1O. The lowest BCUT2D eigenvalue weighted by Gasteiger charge is -2.33. The van der Waals surface area contributed by atoms with Gasteiger partial charge in [0, 0.05) is 0 Å². The zero-order chi connectivity index (χ0) is 6.85. The summed E-state index contributed by atoms with van der Waals surface area (Å²) in [6, 6.07) is 0. The van der Waals surface area contributed by atoms with E-state index in [1.54, 1.807) is 0 Å². The molecular weight excluding hydrogens is 116 g/mol. The lowest BCUT2D eigenvalue weighted by Crippen LogP contribution is -2.40. The van der Waals surface area contributed by atoms with Crippen LogP contribution in [0.3, 0.4) is 0 Å². The average molecular weight is 130 g/mol. The second-order valence-corrected chi connectivity index (χ2v) is 2.87. The summed E-state index contributed by atoms with van der Waals surface area (Å²) >= 11 is 0. The maximum Gasteiger partial charge on any atom is 0.0838 e. The Hall–Kier alpha value is -0.0800. The van der Waals surface area contributed by atoms with Crippen molar-refractivity contribution in [3.8, 4) is 0 Å². The Morgan fingerprint density at radius 3 is 2.22 bits per heavy atom. The lowest BCUT2D eigenvalue weighted by atomic mass is 9.92. The Balaban J connectivity index is 2.13. The first-order valence-corrected chi connectivity index (χ1v) is 3.53. The molecule has 1 saturated carbocycles. The fraction of sp³-hybridized carbons (Fsp3) is 1.00. The van der Waals surface area contributed by atoms with Crippen molar-refractivity contribution in [2.24, 2.45) is 0 Å². The molecule has 1 N–H and O–H groups in total. The maximum atomic E-state index is 9.03. The molecule has 2 heteroatoms. The molecule has 1 aliphatic carbocycles. The van der Waals surface area contributed by atoms with Gasteiger partial charge in [-0.3, -0.25) is 0 Å². The molecule has 1 aliphatic rings. The van der Waals surface area contributed by atoms with E-state index < -0.39 is 0 Å². The van der Waals surface area contributed by atoms with Gasteiger partial charge in [0.1, 0.15) is 0 Å². The number of ether oxygens (including phenoxy) is 1. The number of rotatable bonds is 2. The summed E-state index contributed by atoms with van der Waals surface area (Å²) in [7, 11) is 0. The van der Waals surface area contributed by atoms with Crippen LogP contribution in [-0.4, -0.2) is 23.4 Å². The first-order chi connectivity index (χ1) is 4.20. The fourth-order valence-electron chi connectivity index (χ4n) is 0.960. The van der Waals surface area contributed by atoms with Crippen LogP contribution in [0, 0.1) is 0 Å². The highest BCUT2D eigenvalue weighted by Gasteiger charge is 2.29. The third kappa shape index (κ3) is 1.66. The lowest BCUT2D eigenvalue weighted by molar-refractivity contribution is -0.117. The van der Waals surface area contributed by atoms with Gasteiger partial charge in [-0.15, -0.1) is 0 Å². The topological polar surface area (TPSA) is 29.5 Å². The molecule has 9 heavy (non-hydrogen) atoms. The number of hydrogen-bond donors (Lipinski definition) is 1. The highest BCUT2D eigenvalue weighted by molar-refractivity contribution is 4.80. The summed E-state index contributed by atoms with van der Waals surface area (Å²) in [5.41, 5.74) is 0. The van der Waals surface area contributed by atoms with Gasteiger partial charge in [0.25, 0.3) is 0 Å². The Labute approximate surface area is 55.8 Å². The Bertz CT molecular complexity index is 90.9. The monoisotopic (exact) mass is 130 g/mol. The van der Waals surface area contributed by atoms with Crippen molar-refractivity contribution < 1.29 is 9.84 Å². The van der Waals surface area contributed by atoms with Gasteiger partial charge in [-0.1, -0.05) is 0 Å². The van der Waals surface area contributed by atoms with Crippen LogP contribution >= 0.6 is 0 Å². The minimum absolute atomic E-state index is 0.130. The molecule has 0 amide bonds. The summed E-state index contributed by atoms with van der Waals surface area (Å²) in [5.74, 6) is 0. The van der Waals surface area contributed by atoms with Crippen molar-refractivity contribution >= 4 is 0 Å². The van der Waals surface area contributed by atoms with E-state index in [1.807, 2.05) is 13.8 Å². The van der Waals surface area contributed by atoms with Crippen LogP contribution in [-0.2, 0) is 4.74 Å². The van der Waals surface area contributed by atoms with E-state index in [-0.39, 0.29) is 18.3 Å². The average Bonchev–Trinajstić information content (AvgIpc) is 1.79. The molecule has 1 fully saturated rings. The molecule has 0 aliphatic heterocycles. The van der Waals surface area contributed by atoms with Crippen LogP contribution in [0.4, 0.5) is 0 Å². The quantitative estimate of drug-likeness (QED) is 0.602. The van der Waals surface area contributed by atoms with E-state index in [9.17, 15) is 0 Å². The van der Waals surface area contributed by atoms with Gasteiger partial charge >= 0.3 is 0 Å². The molecular formula is C7H14O2. The normalized spacial score (nSPS) is 34.7. The van der Waals surface area contributed by atoms with Gasteiger partial charge < -0.3 is 9.84 Å². The standard InChI is InChI=1S/C7H14O2/c1-5(2)9-7-4-3-6(7)8/h5-8H,3-4H2,1-2H3/t6?,7-/m0/s1. The third-order valence-corrected chi connectivity index (χ3v) is 1.62. The highest BCUT2D eigenvalue weighted by Crippen LogP contribution is 2.23. The van der Waals surface area contributed by atoms with Crippen LogP contribution in [0.2, 0.25) is 0 Å². The zero-order valence-electron chi connectivity index (χ0n) is 6.00. The number of aliphatic hydroxyl groups excluding tert-OH is 1. The first-order valence-electron chi connectivity index (χ1n) is 3.53. The van der Waals surface area contributed by atoms with Crippen LogP contribution in [0.25, 0.3) is 0 Å². The molecule has 1 rings (SSSR count). The second-order valence-electron chi connectivity index (χ2n) is 2.87. The van der Waals surface area contributed by atoms with Crippen LogP contribution in [0.15, 0.2) is 0 Å². The molecule has 0 spiro atoms. The van der Waals surface area contributed by atoms with Gasteiger partial charge in [-0.05, 0) is 26.7 Å². The minimum atomic E-state index is -0.188.